The Balaban J connectivity index is 3.87. The van der Waals surface area contributed by atoms with Gasteiger partial charge in [0.15, 0.2) is 0 Å². The Morgan fingerprint density at radius 3 is 1.60 bits per heavy atom. The van der Waals surface area contributed by atoms with E-state index in [0.29, 0.717) is 5.41 Å². The monoisotopic (exact) mass is 176 g/mol. The van der Waals surface area contributed by atoms with Gasteiger partial charge in [0.2, 0.25) is 0 Å². The van der Waals surface area contributed by atoms with E-state index in [9.17, 15) is 0 Å². The number of hydrogen-bond acceptors (Lipinski definition) is 1. The normalized spacial score (nSPS) is 12.3. The molecule has 0 aliphatic rings. The first-order chi connectivity index (χ1) is 4.74. The third-order valence-electron chi connectivity index (χ3n) is 2.70. The summed E-state index contributed by atoms with van der Waals surface area (Å²) in [7, 11) is 1.30. The molecular weight excluding hydrogens is 156 g/mol. The second-order valence-corrected chi connectivity index (χ2v) is 5.59. The Morgan fingerprint density at radius 2 is 1.50 bits per heavy atom. The highest BCUT2D eigenvalue weighted by Crippen LogP contribution is 2.32. The summed E-state index contributed by atoms with van der Waals surface area (Å²) in [5, 5.41) is 0. The third-order valence-corrected chi connectivity index (χ3v) is 4.47. The molecule has 0 rings (SSSR count). The molecule has 10 heavy (non-hydrogen) atoms. The minimum Gasteiger partial charge on any atom is -0.197 e. The van der Waals surface area contributed by atoms with Crippen molar-refractivity contribution in [2.75, 3.05) is 5.75 Å². The molecule has 62 valence electrons. The first-order valence-corrected chi connectivity index (χ1v) is 8.08. The smallest absolute Gasteiger partial charge is 0.0694 e. The van der Waals surface area contributed by atoms with E-state index in [1.54, 1.807) is 0 Å². The van der Waals surface area contributed by atoms with E-state index >= 15 is 0 Å². The van der Waals surface area contributed by atoms with Crippen LogP contribution in [0.5, 0.6) is 0 Å². The van der Waals surface area contributed by atoms with Gasteiger partial charge in [0, 0.05) is 0 Å². The molecule has 2 heteroatoms. The summed E-state index contributed by atoms with van der Waals surface area (Å²) >= 11 is 2.12. The Hall–Kier alpha value is 0.567. The predicted octanol–water partition coefficient (Wildman–Crippen LogP) is 2.22. The van der Waals surface area contributed by atoms with Crippen molar-refractivity contribution in [2.45, 2.75) is 40.0 Å². The lowest BCUT2D eigenvalue weighted by molar-refractivity contribution is 0.295. The maximum absolute atomic E-state index is 2.32. The van der Waals surface area contributed by atoms with Crippen LogP contribution in [-0.2, 0) is 0 Å². The summed E-state index contributed by atoms with van der Waals surface area (Å²) in [5.41, 5.74) is 0.673. The van der Waals surface area contributed by atoms with Gasteiger partial charge in [-0.15, -0.1) is 0 Å². The van der Waals surface area contributed by atoms with Crippen molar-refractivity contribution in [2.24, 2.45) is 5.41 Å². The third kappa shape index (κ3) is 2.66. The topological polar surface area (TPSA) is 0 Å². The summed E-state index contributed by atoms with van der Waals surface area (Å²) in [4.78, 5) is 0. The Morgan fingerprint density at radius 1 is 1.10 bits per heavy atom. The first-order valence-electron chi connectivity index (χ1n) is 4.23. The second kappa shape index (κ2) is 5.25. The molecule has 0 heterocycles. The minimum absolute atomic E-state index is 0.673. The van der Waals surface area contributed by atoms with Crippen molar-refractivity contribution < 1.29 is 0 Å². The highest BCUT2D eigenvalue weighted by atomic mass is 32.4. The van der Waals surface area contributed by atoms with Crippen LogP contribution < -0.4 is 0 Å². The van der Waals surface area contributed by atoms with Crippen molar-refractivity contribution in [1.82, 2.24) is 0 Å². The molecule has 0 fully saturated rings. The molecule has 0 aromatic heterocycles. The van der Waals surface area contributed by atoms with Crippen molar-refractivity contribution in [1.29, 1.82) is 0 Å². The number of hydrogen-bond donors (Lipinski definition) is 0. The maximum Gasteiger partial charge on any atom is 0.0694 e. The minimum atomic E-state index is 0.673. The van der Waals surface area contributed by atoms with E-state index < -0.39 is 0 Å². The van der Waals surface area contributed by atoms with Crippen LogP contribution in [0.4, 0.5) is 0 Å². The summed E-state index contributed by atoms with van der Waals surface area (Å²) in [5.74, 6) is 1.39. The van der Waals surface area contributed by atoms with Gasteiger partial charge in [-0.1, -0.05) is 20.8 Å². The zero-order valence-corrected chi connectivity index (χ0v) is 10.6. The van der Waals surface area contributed by atoms with E-state index in [2.05, 4.69) is 32.0 Å². The second-order valence-electron chi connectivity index (χ2n) is 2.99. The largest absolute Gasteiger partial charge is 0.197 e. The fourth-order valence-corrected chi connectivity index (χ4v) is 4.42. The number of rotatable bonds is 5. The SMILES string of the molecule is CCC(CC)(CC)CS[SiH3]. The van der Waals surface area contributed by atoms with E-state index in [0.717, 1.165) is 0 Å². The summed E-state index contributed by atoms with van der Waals surface area (Å²) in [6.45, 7) is 6.97. The van der Waals surface area contributed by atoms with Gasteiger partial charge in [-0.3, -0.25) is 0 Å². The molecule has 0 atom stereocenters. The lowest BCUT2D eigenvalue weighted by Crippen LogP contribution is -2.20. The van der Waals surface area contributed by atoms with Crippen molar-refractivity contribution >= 4 is 20.6 Å². The van der Waals surface area contributed by atoms with Gasteiger partial charge in [0.25, 0.3) is 0 Å². The molecular formula is C8H20SSi. The van der Waals surface area contributed by atoms with Gasteiger partial charge in [0.1, 0.15) is 0 Å². The van der Waals surface area contributed by atoms with Crippen LogP contribution in [0.15, 0.2) is 0 Å². The van der Waals surface area contributed by atoms with Crippen LogP contribution >= 0.6 is 11.2 Å². The molecule has 0 aliphatic heterocycles. The zero-order valence-electron chi connectivity index (χ0n) is 7.74. The Labute approximate surface area is 72.2 Å². The van der Waals surface area contributed by atoms with Gasteiger partial charge in [0.05, 0.1) is 9.39 Å². The van der Waals surface area contributed by atoms with Gasteiger partial charge in [-0.05, 0) is 30.4 Å². The van der Waals surface area contributed by atoms with Crippen LogP contribution in [-0.4, -0.2) is 15.1 Å². The zero-order chi connectivity index (χ0) is 8.04. The molecule has 0 N–H and O–H groups in total. The molecule has 0 radical (unpaired) electrons. The fourth-order valence-electron chi connectivity index (χ4n) is 1.36. The average molecular weight is 176 g/mol. The van der Waals surface area contributed by atoms with Crippen LogP contribution in [0.25, 0.3) is 0 Å². The molecule has 0 unspecified atom stereocenters. The highest BCUT2D eigenvalue weighted by molar-refractivity contribution is 8.19. The van der Waals surface area contributed by atoms with E-state index in [1.165, 1.54) is 34.4 Å². The summed E-state index contributed by atoms with van der Waals surface area (Å²) in [6.07, 6.45) is 4.07. The van der Waals surface area contributed by atoms with E-state index in [4.69, 9.17) is 0 Å². The highest BCUT2D eigenvalue weighted by Gasteiger charge is 2.22. The molecule has 0 saturated carbocycles. The van der Waals surface area contributed by atoms with Crippen LogP contribution in [0.2, 0.25) is 0 Å². The molecule has 0 amide bonds. The molecule has 0 bridgehead atoms. The lowest BCUT2D eigenvalue weighted by atomic mass is 9.82. The first kappa shape index (κ1) is 10.6. The van der Waals surface area contributed by atoms with Crippen molar-refractivity contribution in [3.63, 3.8) is 0 Å². The lowest BCUT2D eigenvalue weighted by Gasteiger charge is -2.29. The average Bonchev–Trinajstić information content (AvgIpc) is 2.01. The summed E-state index contributed by atoms with van der Waals surface area (Å²) in [6, 6.07) is 0. The molecule has 0 nitrogen and oxygen atoms in total. The molecule has 0 aromatic carbocycles. The van der Waals surface area contributed by atoms with Gasteiger partial charge >= 0.3 is 0 Å². The molecule has 0 spiro atoms. The van der Waals surface area contributed by atoms with Crippen LogP contribution in [0.1, 0.15) is 40.0 Å². The summed E-state index contributed by atoms with van der Waals surface area (Å²) < 4.78 is 0. The van der Waals surface area contributed by atoms with E-state index in [1.807, 2.05) is 0 Å². The van der Waals surface area contributed by atoms with Crippen LogP contribution in [0, 0.1) is 5.41 Å². The predicted molar refractivity (Wildman–Crippen MR) is 55.7 cm³/mol. The molecule has 0 aromatic rings. The molecule has 0 aliphatic carbocycles. The Kier molecular flexibility index (Phi) is 5.55. The van der Waals surface area contributed by atoms with Gasteiger partial charge in [-0.25, -0.2) is 0 Å². The Bertz CT molecular complexity index is 71.1. The quantitative estimate of drug-likeness (QED) is 0.579. The van der Waals surface area contributed by atoms with Gasteiger partial charge < -0.3 is 0 Å². The van der Waals surface area contributed by atoms with Gasteiger partial charge in [-0.2, -0.15) is 11.2 Å². The molecule has 0 saturated heterocycles. The van der Waals surface area contributed by atoms with Crippen molar-refractivity contribution in [3.05, 3.63) is 0 Å². The van der Waals surface area contributed by atoms with Crippen molar-refractivity contribution in [3.8, 4) is 0 Å². The standard InChI is InChI=1S/C8H20SSi/c1-4-8(5-2,6-3)7-9-10/h4-7H2,1-3,10H3. The fraction of sp³-hybridized carbons (Fsp3) is 1.00. The van der Waals surface area contributed by atoms with E-state index in [-0.39, 0.29) is 0 Å². The maximum atomic E-state index is 2.32. The van der Waals surface area contributed by atoms with Crippen LogP contribution in [0.3, 0.4) is 0 Å².